The standard InChI is InChI=1S/C35H34N6O2/c1-4-37-33(21-36-2)41-31-18-19-40(22-26-16-17-32(43-3)29-15-8-7-14-28(26)29)23-30(31)34(39-41)35(42)38-20-25-12-9-11-24-10-5-6-13-27(24)25/h4-17,21H,2,18-20,22-23H2,1,3H3,(H,38,42)/b33-21+,37-4-. The van der Waals surface area contributed by atoms with Crippen molar-refractivity contribution in [2.24, 2.45) is 9.98 Å². The zero-order chi connectivity index (χ0) is 29.8. The Morgan fingerprint density at radius 1 is 1.00 bits per heavy atom. The lowest BCUT2D eigenvalue weighted by molar-refractivity contribution is 0.0943. The van der Waals surface area contributed by atoms with Gasteiger partial charge in [0.25, 0.3) is 5.91 Å². The van der Waals surface area contributed by atoms with Crippen LogP contribution in [0.1, 0.15) is 39.8 Å². The minimum Gasteiger partial charge on any atom is -0.496 e. The molecule has 0 unspecified atom stereocenters. The largest absolute Gasteiger partial charge is 0.496 e. The molecule has 0 aliphatic carbocycles. The van der Waals surface area contributed by atoms with Crippen LogP contribution >= 0.6 is 0 Å². The summed E-state index contributed by atoms with van der Waals surface area (Å²) in [6.45, 7) is 7.96. The summed E-state index contributed by atoms with van der Waals surface area (Å²) < 4.78 is 7.35. The zero-order valence-electron chi connectivity index (χ0n) is 24.5. The first-order valence-corrected chi connectivity index (χ1v) is 14.4. The summed E-state index contributed by atoms with van der Waals surface area (Å²) in [5, 5.41) is 12.5. The highest BCUT2D eigenvalue weighted by Gasteiger charge is 2.29. The van der Waals surface area contributed by atoms with Crippen molar-refractivity contribution < 1.29 is 9.53 Å². The van der Waals surface area contributed by atoms with E-state index in [2.05, 4.69) is 69.4 Å². The Balaban J connectivity index is 1.32. The Morgan fingerprint density at radius 3 is 2.56 bits per heavy atom. The average molecular weight is 571 g/mol. The molecule has 6 rings (SSSR count). The summed E-state index contributed by atoms with van der Waals surface area (Å²) in [5.74, 6) is 1.17. The van der Waals surface area contributed by atoms with E-state index in [-0.39, 0.29) is 5.91 Å². The van der Waals surface area contributed by atoms with Gasteiger partial charge in [0.1, 0.15) is 5.75 Å². The van der Waals surface area contributed by atoms with Crippen LogP contribution in [0.4, 0.5) is 0 Å². The van der Waals surface area contributed by atoms with Crippen LogP contribution in [0.5, 0.6) is 5.75 Å². The van der Waals surface area contributed by atoms with Gasteiger partial charge in [0.2, 0.25) is 0 Å². The number of nitrogens with zero attached hydrogens (tertiary/aromatic N) is 5. The Bertz CT molecular complexity index is 1880. The molecule has 0 radical (unpaired) electrons. The average Bonchev–Trinajstić information content (AvgIpc) is 3.42. The fraction of sp³-hybridized carbons (Fsp3) is 0.200. The van der Waals surface area contributed by atoms with E-state index in [1.54, 1.807) is 24.2 Å². The summed E-state index contributed by atoms with van der Waals surface area (Å²) in [6, 6.07) is 26.8. The molecule has 8 heteroatoms. The van der Waals surface area contributed by atoms with E-state index in [0.29, 0.717) is 31.0 Å². The first-order chi connectivity index (χ1) is 21.1. The van der Waals surface area contributed by atoms with Crippen LogP contribution in [0, 0.1) is 0 Å². The fourth-order valence-corrected chi connectivity index (χ4v) is 5.93. The molecule has 0 fully saturated rings. The van der Waals surface area contributed by atoms with Gasteiger partial charge in [0.05, 0.1) is 19.0 Å². The van der Waals surface area contributed by atoms with E-state index >= 15 is 0 Å². The summed E-state index contributed by atoms with van der Waals surface area (Å²) in [4.78, 5) is 24.6. The number of hydrogen-bond donors (Lipinski definition) is 1. The minimum atomic E-state index is -0.217. The van der Waals surface area contributed by atoms with Crippen molar-refractivity contribution >= 4 is 46.2 Å². The number of hydrogen-bond acceptors (Lipinski definition) is 6. The van der Waals surface area contributed by atoms with E-state index in [4.69, 9.17) is 9.84 Å². The van der Waals surface area contributed by atoms with Gasteiger partial charge in [-0.2, -0.15) is 5.10 Å². The predicted molar refractivity (Wildman–Crippen MR) is 174 cm³/mol. The van der Waals surface area contributed by atoms with Crippen molar-refractivity contribution in [3.05, 3.63) is 113 Å². The molecule has 0 atom stereocenters. The lowest BCUT2D eigenvalue weighted by Gasteiger charge is -2.28. The molecule has 5 aromatic rings. The summed E-state index contributed by atoms with van der Waals surface area (Å²) in [7, 11) is 1.70. The molecule has 1 aliphatic heterocycles. The molecular formula is C35H34N6O2. The van der Waals surface area contributed by atoms with Crippen LogP contribution in [-0.2, 0) is 26.1 Å². The molecule has 2 heterocycles. The number of fused-ring (bicyclic) bond motifs is 3. The van der Waals surface area contributed by atoms with E-state index in [1.165, 1.54) is 5.56 Å². The second kappa shape index (κ2) is 12.4. The van der Waals surface area contributed by atoms with Crippen molar-refractivity contribution in [3.63, 3.8) is 0 Å². The Hall–Kier alpha value is -5.08. The first-order valence-electron chi connectivity index (χ1n) is 14.4. The predicted octanol–water partition coefficient (Wildman–Crippen LogP) is 6.23. The van der Waals surface area contributed by atoms with Crippen molar-refractivity contribution in [1.82, 2.24) is 20.0 Å². The maximum absolute atomic E-state index is 13.8. The van der Waals surface area contributed by atoms with Crippen LogP contribution in [-0.4, -0.2) is 47.2 Å². The number of aromatic nitrogens is 2. The van der Waals surface area contributed by atoms with E-state index in [1.807, 2.05) is 43.3 Å². The van der Waals surface area contributed by atoms with Gasteiger partial charge in [-0.3, -0.25) is 14.7 Å². The molecule has 1 amide bonds. The number of aliphatic imine (C=N–C) groups is 2. The number of ether oxygens (including phenoxy) is 1. The van der Waals surface area contributed by atoms with E-state index in [9.17, 15) is 4.79 Å². The van der Waals surface area contributed by atoms with Gasteiger partial charge >= 0.3 is 0 Å². The van der Waals surface area contributed by atoms with Crippen LogP contribution in [0.3, 0.4) is 0 Å². The van der Waals surface area contributed by atoms with E-state index < -0.39 is 0 Å². The van der Waals surface area contributed by atoms with Crippen molar-refractivity contribution in [1.29, 1.82) is 0 Å². The van der Waals surface area contributed by atoms with Gasteiger partial charge < -0.3 is 10.1 Å². The Kier molecular flexibility index (Phi) is 8.11. The number of methoxy groups -OCH3 is 1. The molecule has 8 nitrogen and oxygen atoms in total. The number of carbonyl (C=O) groups is 1. The highest BCUT2D eigenvalue weighted by molar-refractivity contribution is 5.95. The number of benzene rings is 4. The SMILES string of the molecule is C=N/C=C(\N=C/C)n1nc(C(=O)NCc2cccc3ccccc23)c2c1CCN(Cc1ccc(OC)c3ccccc13)C2. The maximum atomic E-state index is 13.8. The lowest BCUT2D eigenvalue weighted by Crippen LogP contribution is -2.32. The van der Waals surface area contributed by atoms with Crippen LogP contribution in [0.15, 0.2) is 95.0 Å². The smallest absolute Gasteiger partial charge is 0.272 e. The second-order valence-corrected chi connectivity index (χ2v) is 10.5. The second-order valence-electron chi connectivity index (χ2n) is 10.5. The molecule has 1 N–H and O–H groups in total. The van der Waals surface area contributed by atoms with Gasteiger partial charge in [-0.05, 0) is 47.0 Å². The Morgan fingerprint density at radius 2 is 1.77 bits per heavy atom. The normalized spacial score (nSPS) is 13.9. The third kappa shape index (κ3) is 5.57. The number of carbonyl (C=O) groups excluding carboxylic acids is 1. The maximum Gasteiger partial charge on any atom is 0.272 e. The quantitative estimate of drug-likeness (QED) is 0.213. The van der Waals surface area contributed by atoms with Gasteiger partial charge in [-0.25, -0.2) is 9.67 Å². The van der Waals surface area contributed by atoms with Gasteiger partial charge in [-0.15, -0.1) is 0 Å². The summed E-state index contributed by atoms with van der Waals surface area (Å²) in [5.41, 5.74) is 4.54. The van der Waals surface area contributed by atoms with Gasteiger partial charge in [-0.1, -0.05) is 72.8 Å². The summed E-state index contributed by atoms with van der Waals surface area (Å²) >= 11 is 0. The third-order valence-corrected chi connectivity index (χ3v) is 7.94. The topological polar surface area (TPSA) is 84.1 Å². The zero-order valence-corrected chi connectivity index (χ0v) is 24.5. The minimum absolute atomic E-state index is 0.217. The third-order valence-electron chi connectivity index (χ3n) is 7.94. The van der Waals surface area contributed by atoms with Crippen molar-refractivity contribution in [3.8, 4) is 5.75 Å². The fourth-order valence-electron chi connectivity index (χ4n) is 5.93. The van der Waals surface area contributed by atoms with Gasteiger partial charge in [0.15, 0.2) is 11.5 Å². The molecule has 0 saturated carbocycles. The number of rotatable bonds is 9. The molecule has 4 aromatic carbocycles. The molecule has 0 saturated heterocycles. The molecule has 43 heavy (non-hydrogen) atoms. The van der Waals surface area contributed by atoms with E-state index in [0.717, 1.165) is 57.2 Å². The van der Waals surface area contributed by atoms with Crippen molar-refractivity contribution in [2.75, 3.05) is 13.7 Å². The van der Waals surface area contributed by atoms with Crippen LogP contribution in [0.25, 0.3) is 27.4 Å². The summed E-state index contributed by atoms with van der Waals surface area (Å²) in [6.07, 6.45) is 3.97. The molecule has 0 bridgehead atoms. The highest BCUT2D eigenvalue weighted by atomic mass is 16.5. The molecule has 1 aliphatic rings. The van der Waals surface area contributed by atoms with Crippen LogP contribution < -0.4 is 10.1 Å². The molecule has 1 aromatic heterocycles. The monoisotopic (exact) mass is 570 g/mol. The highest BCUT2D eigenvalue weighted by Crippen LogP contribution is 2.31. The molecule has 216 valence electrons. The lowest BCUT2D eigenvalue weighted by atomic mass is 10.0. The molecule has 0 spiro atoms. The van der Waals surface area contributed by atoms with Gasteiger partial charge in [0, 0.05) is 49.8 Å². The Labute approximate surface area is 251 Å². The number of nitrogens with one attached hydrogen (secondary N) is 1. The van der Waals surface area contributed by atoms with Crippen molar-refractivity contribution in [2.45, 2.75) is 33.0 Å². The molecular weight excluding hydrogens is 536 g/mol. The first kappa shape index (κ1) is 28.1. The number of amides is 1. The van der Waals surface area contributed by atoms with Crippen LogP contribution in [0.2, 0.25) is 0 Å².